The van der Waals surface area contributed by atoms with E-state index in [-0.39, 0.29) is 17.7 Å². The van der Waals surface area contributed by atoms with Gasteiger partial charge in [0.25, 0.3) is 0 Å². The van der Waals surface area contributed by atoms with Gasteiger partial charge in [-0.25, -0.2) is 4.98 Å². The summed E-state index contributed by atoms with van der Waals surface area (Å²) in [6, 6.07) is 5.72. The predicted octanol–water partition coefficient (Wildman–Crippen LogP) is 2.25. The molecule has 0 saturated carbocycles. The topological polar surface area (TPSA) is 61.2 Å². The third-order valence-corrected chi connectivity index (χ3v) is 3.89. The summed E-state index contributed by atoms with van der Waals surface area (Å²) in [4.78, 5) is 6.69. The van der Waals surface area contributed by atoms with Gasteiger partial charge in [0.05, 0.1) is 17.8 Å². The van der Waals surface area contributed by atoms with Crippen LogP contribution < -0.4 is 5.32 Å². The van der Waals surface area contributed by atoms with E-state index in [2.05, 4.69) is 49.0 Å². The van der Waals surface area contributed by atoms with Gasteiger partial charge < -0.3 is 10.1 Å². The average molecular weight is 288 g/mol. The van der Waals surface area contributed by atoms with Crippen LogP contribution >= 0.6 is 0 Å². The van der Waals surface area contributed by atoms with Crippen molar-refractivity contribution in [1.82, 2.24) is 9.88 Å². The lowest BCUT2D eigenvalue weighted by Gasteiger charge is -2.45. The number of nitriles is 1. The van der Waals surface area contributed by atoms with Crippen LogP contribution in [0.4, 0.5) is 5.82 Å². The maximum Gasteiger partial charge on any atom is 0.143 e. The Hall–Kier alpha value is -1.64. The molecular formula is C16H24N4O. The molecule has 2 atom stereocenters. The molecule has 1 fully saturated rings. The Morgan fingerprint density at radius 2 is 2.10 bits per heavy atom. The summed E-state index contributed by atoms with van der Waals surface area (Å²) < 4.78 is 5.79. The summed E-state index contributed by atoms with van der Waals surface area (Å²) in [6.45, 7) is 11.2. The summed E-state index contributed by atoms with van der Waals surface area (Å²) in [5.74, 6) is 0.655. The fourth-order valence-electron chi connectivity index (χ4n) is 2.72. The third-order valence-electron chi connectivity index (χ3n) is 3.89. The van der Waals surface area contributed by atoms with Crippen LogP contribution in [0.15, 0.2) is 18.3 Å². The molecule has 0 amide bonds. The highest BCUT2D eigenvalue weighted by molar-refractivity contribution is 5.51. The Bertz CT molecular complexity index is 513. The average Bonchev–Trinajstić information content (AvgIpc) is 2.44. The summed E-state index contributed by atoms with van der Waals surface area (Å²) in [6.07, 6.45) is 2.20. The van der Waals surface area contributed by atoms with Crippen molar-refractivity contribution >= 4 is 5.82 Å². The van der Waals surface area contributed by atoms with Gasteiger partial charge in [-0.1, -0.05) is 0 Å². The molecule has 2 rings (SSSR count). The lowest BCUT2D eigenvalue weighted by Crippen LogP contribution is -2.57. The molecule has 5 heteroatoms. The highest BCUT2D eigenvalue weighted by Crippen LogP contribution is 2.22. The standard InChI is InChI=1S/C16H24N4O/c1-12-9-20(10-13(2)21-12)16(3,4)11-19-15-14(8-17)6-5-7-18-15/h5-7,12-13H,9-11H2,1-4H3,(H,18,19)/t12-,13-/m1/s1. The maximum absolute atomic E-state index is 9.11. The van der Waals surface area contributed by atoms with Crippen LogP contribution in [0.3, 0.4) is 0 Å². The van der Waals surface area contributed by atoms with Gasteiger partial charge in [0.2, 0.25) is 0 Å². The number of nitrogens with zero attached hydrogens (tertiary/aromatic N) is 3. The van der Waals surface area contributed by atoms with Crippen molar-refractivity contribution < 1.29 is 4.74 Å². The number of nitrogens with one attached hydrogen (secondary N) is 1. The second-order valence-corrected chi connectivity index (χ2v) is 6.34. The largest absolute Gasteiger partial charge is 0.373 e. The Kier molecular flexibility index (Phi) is 4.81. The first-order valence-electron chi connectivity index (χ1n) is 7.42. The number of morpholine rings is 1. The molecule has 1 aliphatic rings. The van der Waals surface area contributed by atoms with Crippen molar-refractivity contribution in [2.24, 2.45) is 0 Å². The van der Waals surface area contributed by atoms with Crippen LogP contribution in [0.25, 0.3) is 0 Å². The Balaban J connectivity index is 2.02. The van der Waals surface area contributed by atoms with Crippen molar-refractivity contribution in [3.8, 4) is 6.07 Å². The lowest BCUT2D eigenvalue weighted by molar-refractivity contribution is -0.0933. The molecule has 0 spiro atoms. The Morgan fingerprint density at radius 1 is 1.43 bits per heavy atom. The van der Waals surface area contributed by atoms with E-state index in [4.69, 9.17) is 10.00 Å². The molecule has 1 aromatic heterocycles. The molecule has 0 bridgehead atoms. The summed E-state index contributed by atoms with van der Waals surface area (Å²) in [5, 5.41) is 12.4. The quantitative estimate of drug-likeness (QED) is 0.920. The van der Waals surface area contributed by atoms with Gasteiger partial charge in [0.15, 0.2) is 0 Å². The number of pyridine rings is 1. The molecule has 0 aliphatic carbocycles. The molecule has 5 nitrogen and oxygen atoms in total. The molecule has 0 aromatic carbocycles. The van der Waals surface area contributed by atoms with E-state index in [9.17, 15) is 0 Å². The van der Waals surface area contributed by atoms with Crippen LogP contribution in [-0.2, 0) is 4.74 Å². The number of aromatic nitrogens is 1. The molecule has 1 saturated heterocycles. The first-order chi connectivity index (χ1) is 9.92. The number of hydrogen-bond acceptors (Lipinski definition) is 5. The van der Waals surface area contributed by atoms with Crippen molar-refractivity contribution in [2.75, 3.05) is 25.0 Å². The summed E-state index contributed by atoms with van der Waals surface area (Å²) in [7, 11) is 0. The molecule has 21 heavy (non-hydrogen) atoms. The Morgan fingerprint density at radius 3 is 2.71 bits per heavy atom. The van der Waals surface area contributed by atoms with E-state index in [1.165, 1.54) is 0 Å². The highest BCUT2D eigenvalue weighted by Gasteiger charge is 2.33. The zero-order valence-electron chi connectivity index (χ0n) is 13.3. The van der Waals surface area contributed by atoms with Gasteiger partial charge >= 0.3 is 0 Å². The number of ether oxygens (including phenoxy) is 1. The minimum Gasteiger partial charge on any atom is -0.373 e. The van der Waals surface area contributed by atoms with Crippen molar-refractivity contribution in [3.63, 3.8) is 0 Å². The van der Waals surface area contributed by atoms with E-state index in [1.807, 2.05) is 0 Å². The predicted molar refractivity (Wildman–Crippen MR) is 83.1 cm³/mol. The minimum absolute atomic E-state index is 0.0312. The van der Waals surface area contributed by atoms with Crippen molar-refractivity contribution in [2.45, 2.75) is 45.4 Å². The van der Waals surface area contributed by atoms with Gasteiger partial charge in [0, 0.05) is 31.4 Å². The van der Waals surface area contributed by atoms with Crippen LogP contribution in [0.2, 0.25) is 0 Å². The van der Waals surface area contributed by atoms with Crippen LogP contribution in [-0.4, -0.2) is 47.3 Å². The van der Waals surface area contributed by atoms with Crippen molar-refractivity contribution in [3.05, 3.63) is 23.9 Å². The van der Waals surface area contributed by atoms with Gasteiger partial charge in [-0.3, -0.25) is 4.90 Å². The zero-order valence-corrected chi connectivity index (χ0v) is 13.3. The van der Waals surface area contributed by atoms with Crippen molar-refractivity contribution in [1.29, 1.82) is 5.26 Å². The van der Waals surface area contributed by atoms with Gasteiger partial charge in [-0.05, 0) is 39.8 Å². The molecule has 2 heterocycles. The van der Waals surface area contributed by atoms with Gasteiger partial charge in [-0.15, -0.1) is 0 Å². The summed E-state index contributed by atoms with van der Waals surface area (Å²) >= 11 is 0. The lowest BCUT2D eigenvalue weighted by atomic mass is 10.00. The van der Waals surface area contributed by atoms with Crippen LogP contribution in [0.1, 0.15) is 33.3 Å². The van der Waals surface area contributed by atoms with Gasteiger partial charge in [0.1, 0.15) is 11.9 Å². The smallest absolute Gasteiger partial charge is 0.143 e. The SMILES string of the molecule is C[C@@H]1CN(C(C)(C)CNc2ncccc2C#N)C[C@@H](C)O1. The first kappa shape index (κ1) is 15.7. The third kappa shape index (κ3) is 3.93. The fraction of sp³-hybridized carbons (Fsp3) is 0.625. The van der Waals surface area contributed by atoms with Crippen LogP contribution in [0, 0.1) is 11.3 Å². The normalized spacial score (nSPS) is 23.6. The molecule has 0 unspecified atom stereocenters. The first-order valence-corrected chi connectivity index (χ1v) is 7.42. The number of hydrogen-bond donors (Lipinski definition) is 1. The van der Waals surface area contributed by atoms with Crippen LogP contribution in [0.5, 0.6) is 0 Å². The van der Waals surface area contributed by atoms with Gasteiger partial charge in [-0.2, -0.15) is 5.26 Å². The fourth-order valence-corrected chi connectivity index (χ4v) is 2.72. The second-order valence-electron chi connectivity index (χ2n) is 6.34. The number of anilines is 1. The molecule has 1 N–H and O–H groups in total. The zero-order chi connectivity index (χ0) is 15.5. The monoisotopic (exact) mass is 288 g/mol. The van der Waals surface area contributed by atoms with E-state index in [0.717, 1.165) is 19.6 Å². The minimum atomic E-state index is -0.0312. The molecule has 0 radical (unpaired) electrons. The van der Waals surface area contributed by atoms with E-state index < -0.39 is 0 Å². The maximum atomic E-state index is 9.11. The van der Waals surface area contributed by atoms with E-state index >= 15 is 0 Å². The molecule has 1 aliphatic heterocycles. The Labute approximate surface area is 126 Å². The molecular weight excluding hydrogens is 264 g/mol. The molecule has 1 aromatic rings. The summed E-state index contributed by atoms with van der Waals surface area (Å²) in [5.41, 5.74) is 0.549. The van der Waals surface area contributed by atoms with E-state index in [1.54, 1.807) is 18.3 Å². The number of rotatable bonds is 4. The second kappa shape index (κ2) is 6.42. The molecule has 114 valence electrons. The highest BCUT2D eigenvalue weighted by atomic mass is 16.5. The van der Waals surface area contributed by atoms with E-state index in [0.29, 0.717) is 11.4 Å².